The van der Waals surface area contributed by atoms with Crippen molar-refractivity contribution in [2.24, 2.45) is 11.7 Å². The Labute approximate surface area is 97.5 Å². The van der Waals surface area contributed by atoms with E-state index in [1.807, 2.05) is 24.3 Å². The van der Waals surface area contributed by atoms with Crippen molar-refractivity contribution in [1.82, 2.24) is 4.98 Å². The smallest absolute Gasteiger partial charge is 0.230 e. The summed E-state index contributed by atoms with van der Waals surface area (Å²) in [6.45, 7) is 2.14. The van der Waals surface area contributed by atoms with Crippen LogP contribution in [-0.4, -0.2) is 17.4 Å². The van der Waals surface area contributed by atoms with Gasteiger partial charge in [-0.3, -0.25) is 4.79 Å². The molecule has 0 aliphatic heterocycles. The molecule has 2 aromatic rings. The number of anilines is 1. The molecule has 1 heterocycles. The number of aromatic nitrogens is 1. The molecule has 16 heavy (non-hydrogen) atoms. The molecule has 1 unspecified atom stereocenters. The fourth-order valence-electron chi connectivity index (χ4n) is 1.26. The molecule has 1 amide bonds. The summed E-state index contributed by atoms with van der Waals surface area (Å²) in [5.74, 6) is -0.270. The number of hydrogen-bond donors (Lipinski definition) is 2. The maximum Gasteiger partial charge on any atom is 0.230 e. The first-order chi connectivity index (χ1) is 7.70. The van der Waals surface area contributed by atoms with Gasteiger partial charge in [0.25, 0.3) is 0 Å². The van der Waals surface area contributed by atoms with Crippen molar-refractivity contribution < 1.29 is 4.79 Å². The lowest BCUT2D eigenvalue weighted by atomic mass is 10.2. The van der Waals surface area contributed by atoms with Crippen LogP contribution in [-0.2, 0) is 4.79 Å². The Balaban J connectivity index is 2.18. The Hall–Kier alpha value is -1.46. The van der Waals surface area contributed by atoms with Crippen molar-refractivity contribution in [1.29, 1.82) is 0 Å². The standard InChI is InChI=1S/C11H13N3OS/c1-7(6-12)10(15)14-11-13-8-4-2-3-5-9(8)16-11/h2-5,7H,6,12H2,1H3,(H,13,14,15). The van der Waals surface area contributed by atoms with E-state index in [1.165, 1.54) is 11.3 Å². The maximum atomic E-state index is 11.6. The molecular weight excluding hydrogens is 222 g/mol. The van der Waals surface area contributed by atoms with Gasteiger partial charge in [-0.1, -0.05) is 30.4 Å². The van der Waals surface area contributed by atoms with Crippen molar-refractivity contribution in [2.75, 3.05) is 11.9 Å². The summed E-state index contributed by atoms with van der Waals surface area (Å²) in [7, 11) is 0. The highest BCUT2D eigenvalue weighted by Gasteiger charge is 2.12. The second-order valence-electron chi connectivity index (χ2n) is 3.61. The van der Waals surface area contributed by atoms with E-state index in [9.17, 15) is 4.79 Å². The van der Waals surface area contributed by atoms with E-state index < -0.39 is 0 Å². The van der Waals surface area contributed by atoms with Crippen LogP contribution in [0.1, 0.15) is 6.92 Å². The van der Waals surface area contributed by atoms with Gasteiger partial charge < -0.3 is 11.1 Å². The molecule has 0 bridgehead atoms. The number of hydrogen-bond acceptors (Lipinski definition) is 4. The number of nitrogens with zero attached hydrogens (tertiary/aromatic N) is 1. The van der Waals surface area contributed by atoms with Gasteiger partial charge in [-0.15, -0.1) is 0 Å². The predicted molar refractivity (Wildman–Crippen MR) is 66.5 cm³/mol. The van der Waals surface area contributed by atoms with Crippen LogP contribution in [0.5, 0.6) is 0 Å². The van der Waals surface area contributed by atoms with E-state index in [4.69, 9.17) is 5.73 Å². The summed E-state index contributed by atoms with van der Waals surface area (Å²) in [5.41, 5.74) is 6.33. The lowest BCUT2D eigenvalue weighted by Crippen LogP contribution is -2.26. The number of fused-ring (bicyclic) bond motifs is 1. The zero-order valence-corrected chi connectivity index (χ0v) is 9.75. The lowest BCUT2D eigenvalue weighted by Gasteiger charge is -2.06. The first-order valence-electron chi connectivity index (χ1n) is 5.07. The third-order valence-corrected chi connectivity index (χ3v) is 3.28. The molecule has 3 N–H and O–H groups in total. The first-order valence-corrected chi connectivity index (χ1v) is 5.89. The molecule has 0 radical (unpaired) electrons. The summed E-state index contributed by atoms with van der Waals surface area (Å²) in [4.78, 5) is 15.9. The minimum absolute atomic E-state index is 0.0819. The van der Waals surface area contributed by atoms with E-state index in [2.05, 4.69) is 10.3 Å². The van der Waals surface area contributed by atoms with Crippen LogP contribution >= 0.6 is 11.3 Å². The van der Waals surface area contributed by atoms with Gasteiger partial charge in [-0.2, -0.15) is 0 Å². The number of nitrogens with two attached hydrogens (primary N) is 1. The molecule has 1 aromatic heterocycles. The number of thiazole rings is 1. The van der Waals surface area contributed by atoms with Crippen molar-refractivity contribution in [3.05, 3.63) is 24.3 Å². The number of para-hydroxylation sites is 1. The molecule has 0 fully saturated rings. The highest BCUT2D eigenvalue weighted by molar-refractivity contribution is 7.22. The van der Waals surface area contributed by atoms with Crippen LogP contribution in [0.4, 0.5) is 5.13 Å². The van der Waals surface area contributed by atoms with Crippen LogP contribution in [0.15, 0.2) is 24.3 Å². The summed E-state index contributed by atoms with van der Waals surface area (Å²) >= 11 is 1.47. The maximum absolute atomic E-state index is 11.6. The molecule has 0 aliphatic rings. The third-order valence-electron chi connectivity index (χ3n) is 2.33. The Kier molecular flexibility index (Phi) is 3.17. The predicted octanol–water partition coefficient (Wildman–Crippen LogP) is 1.83. The van der Waals surface area contributed by atoms with E-state index in [0.717, 1.165) is 10.2 Å². The van der Waals surface area contributed by atoms with E-state index in [-0.39, 0.29) is 11.8 Å². The molecular formula is C11H13N3OS. The average molecular weight is 235 g/mol. The molecule has 1 atom stereocenters. The second-order valence-corrected chi connectivity index (χ2v) is 4.64. The lowest BCUT2D eigenvalue weighted by molar-refractivity contribution is -0.119. The average Bonchev–Trinajstić information content (AvgIpc) is 2.69. The second kappa shape index (κ2) is 4.59. The quantitative estimate of drug-likeness (QED) is 0.852. The topological polar surface area (TPSA) is 68.0 Å². The molecule has 0 aliphatic carbocycles. The summed E-state index contributed by atoms with van der Waals surface area (Å²) in [6, 6.07) is 7.79. The molecule has 4 nitrogen and oxygen atoms in total. The van der Waals surface area contributed by atoms with Gasteiger partial charge in [-0.05, 0) is 12.1 Å². The monoisotopic (exact) mass is 235 g/mol. The molecule has 84 valence electrons. The van der Waals surface area contributed by atoms with Crippen LogP contribution in [0, 0.1) is 5.92 Å². The number of amides is 1. The van der Waals surface area contributed by atoms with Gasteiger partial charge in [0.15, 0.2) is 5.13 Å². The van der Waals surface area contributed by atoms with Crippen LogP contribution in [0.3, 0.4) is 0 Å². The van der Waals surface area contributed by atoms with Crippen LogP contribution in [0.2, 0.25) is 0 Å². The zero-order chi connectivity index (χ0) is 11.5. The van der Waals surface area contributed by atoms with Crippen molar-refractivity contribution >= 4 is 32.6 Å². The zero-order valence-electron chi connectivity index (χ0n) is 8.93. The van der Waals surface area contributed by atoms with Crippen molar-refractivity contribution in [2.45, 2.75) is 6.92 Å². The van der Waals surface area contributed by atoms with E-state index in [0.29, 0.717) is 11.7 Å². The van der Waals surface area contributed by atoms with Crippen molar-refractivity contribution in [3.63, 3.8) is 0 Å². The van der Waals surface area contributed by atoms with Gasteiger partial charge in [-0.25, -0.2) is 4.98 Å². The highest BCUT2D eigenvalue weighted by Crippen LogP contribution is 2.25. The fraction of sp³-hybridized carbons (Fsp3) is 0.273. The van der Waals surface area contributed by atoms with Gasteiger partial charge in [0.05, 0.1) is 10.2 Å². The molecule has 5 heteroatoms. The number of carbonyl (C=O) groups is 1. The molecule has 2 rings (SSSR count). The molecule has 0 saturated carbocycles. The Morgan fingerprint density at radius 2 is 2.31 bits per heavy atom. The molecule has 1 aromatic carbocycles. The van der Waals surface area contributed by atoms with Gasteiger partial charge in [0.1, 0.15) is 0 Å². The Morgan fingerprint density at radius 1 is 1.56 bits per heavy atom. The van der Waals surface area contributed by atoms with Crippen molar-refractivity contribution in [3.8, 4) is 0 Å². The van der Waals surface area contributed by atoms with Gasteiger partial charge in [0, 0.05) is 12.5 Å². The number of nitrogens with one attached hydrogen (secondary N) is 1. The minimum Gasteiger partial charge on any atom is -0.330 e. The largest absolute Gasteiger partial charge is 0.330 e. The SMILES string of the molecule is CC(CN)C(=O)Nc1nc2ccccc2s1. The molecule has 0 spiro atoms. The summed E-state index contributed by atoms with van der Waals surface area (Å²) in [6.07, 6.45) is 0. The van der Waals surface area contributed by atoms with E-state index in [1.54, 1.807) is 6.92 Å². The highest BCUT2D eigenvalue weighted by atomic mass is 32.1. The summed E-state index contributed by atoms with van der Waals surface area (Å²) in [5, 5.41) is 3.40. The Bertz CT molecular complexity index is 476. The first kappa shape index (κ1) is 11.0. The van der Waals surface area contributed by atoms with Gasteiger partial charge >= 0.3 is 0 Å². The van der Waals surface area contributed by atoms with Gasteiger partial charge in [0.2, 0.25) is 5.91 Å². The normalized spacial score (nSPS) is 12.6. The van der Waals surface area contributed by atoms with E-state index >= 15 is 0 Å². The Morgan fingerprint density at radius 3 is 3.00 bits per heavy atom. The fourth-order valence-corrected chi connectivity index (χ4v) is 2.13. The number of benzene rings is 1. The molecule has 0 saturated heterocycles. The minimum atomic E-state index is -0.188. The number of carbonyl (C=O) groups excluding carboxylic acids is 1. The summed E-state index contributed by atoms with van der Waals surface area (Å²) < 4.78 is 1.07. The van der Waals surface area contributed by atoms with Crippen LogP contribution in [0.25, 0.3) is 10.2 Å². The van der Waals surface area contributed by atoms with Crippen LogP contribution < -0.4 is 11.1 Å². The third kappa shape index (κ3) is 2.20. The number of rotatable bonds is 3.